The van der Waals surface area contributed by atoms with Crippen LogP contribution in [0.5, 0.6) is 0 Å². The standard InChI is InChI=1S/C48H64N2O2/c1-3-11-29(12-4-1)33-21-23-35-37-27-31(19-25-39(37)49-41-15-7-9-17-43(41)51-47(33)45(35)49)32-20-26-40-38(28-32)36-24-22-34(30-13-5-2-6-14-30)48-46(36)50(40)42-16-8-10-18-44(42)52-48/h1-6,11-14,31-48H,7-10,15-28H2. The Hall–Kier alpha value is -1.72. The SMILES string of the molecule is c1ccc(C2CCC3C4CC(C5CCC6C(C5)C5CCC(c7ccccc7)C7OC8CCCCC8N6C57)CCC4N4C5CCCCC5OC2C34)cc1. The van der Waals surface area contributed by atoms with E-state index in [0.717, 1.165) is 47.6 Å². The lowest BCUT2D eigenvalue weighted by molar-refractivity contribution is -0.184. The molecule has 0 aromatic heterocycles. The maximum absolute atomic E-state index is 7.34. The molecule has 4 saturated heterocycles. The van der Waals surface area contributed by atoms with Gasteiger partial charge < -0.3 is 9.47 Å². The number of benzene rings is 2. The second-order valence-electron chi connectivity index (χ2n) is 20.0. The Morgan fingerprint density at radius 3 is 1.31 bits per heavy atom. The molecule has 6 saturated carbocycles. The first kappa shape index (κ1) is 32.5. The molecule has 4 nitrogen and oxygen atoms in total. The van der Waals surface area contributed by atoms with Gasteiger partial charge in [0.25, 0.3) is 0 Å². The van der Waals surface area contributed by atoms with E-state index in [4.69, 9.17) is 9.47 Å². The minimum absolute atomic E-state index is 0.403. The lowest BCUT2D eigenvalue weighted by atomic mass is 9.61. The van der Waals surface area contributed by atoms with Crippen molar-refractivity contribution in [3.8, 4) is 0 Å². The molecule has 18 unspecified atom stereocenters. The van der Waals surface area contributed by atoms with E-state index in [0.29, 0.717) is 60.4 Å². The molecule has 10 fully saturated rings. The summed E-state index contributed by atoms with van der Waals surface area (Å²) in [5, 5.41) is 0. The van der Waals surface area contributed by atoms with Crippen molar-refractivity contribution in [3.63, 3.8) is 0 Å². The third-order valence-electron chi connectivity index (χ3n) is 18.2. The molecule has 0 N–H and O–H groups in total. The normalized spacial score (nSPS) is 50.9. The van der Waals surface area contributed by atoms with Crippen LogP contribution in [-0.2, 0) is 9.47 Å². The van der Waals surface area contributed by atoms with Gasteiger partial charge in [-0.3, -0.25) is 9.80 Å². The van der Waals surface area contributed by atoms with E-state index in [1.165, 1.54) is 116 Å². The van der Waals surface area contributed by atoms with Crippen LogP contribution in [0.4, 0.5) is 0 Å². The number of ether oxygens (including phenoxy) is 2. The number of hydrogen-bond donors (Lipinski definition) is 0. The van der Waals surface area contributed by atoms with Crippen molar-refractivity contribution in [1.82, 2.24) is 9.80 Å². The topological polar surface area (TPSA) is 24.9 Å². The lowest BCUT2D eigenvalue weighted by Crippen LogP contribution is -2.64. The second-order valence-corrected chi connectivity index (χ2v) is 20.0. The summed E-state index contributed by atoms with van der Waals surface area (Å²) >= 11 is 0. The first-order valence-electron chi connectivity index (χ1n) is 22.8. The van der Waals surface area contributed by atoms with Gasteiger partial charge in [-0.05, 0) is 137 Å². The molecule has 4 heterocycles. The molecule has 4 heteroatoms. The number of rotatable bonds is 3. The van der Waals surface area contributed by atoms with Crippen LogP contribution in [0.15, 0.2) is 60.7 Å². The lowest BCUT2D eigenvalue weighted by Gasteiger charge is -2.55. The Morgan fingerprint density at radius 1 is 0.404 bits per heavy atom. The van der Waals surface area contributed by atoms with Crippen LogP contribution in [0.3, 0.4) is 0 Å². The maximum atomic E-state index is 7.34. The van der Waals surface area contributed by atoms with Gasteiger partial charge in [0, 0.05) is 48.1 Å². The number of hydrogen-bond acceptors (Lipinski definition) is 4. The summed E-state index contributed by atoms with van der Waals surface area (Å²) < 4.78 is 14.7. The van der Waals surface area contributed by atoms with Crippen LogP contribution >= 0.6 is 0 Å². The molecule has 2 aromatic carbocycles. The van der Waals surface area contributed by atoms with Crippen molar-refractivity contribution >= 4 is 0 Å². The highest BCUT2D eigenvalue weighted by Gasteiger charge is 2.64. The molecule has 18 atom stereocenters. The highest BCUT2D eigenvalue weighted by atomic mass is 16.5. The molecular formula is C48H64N2O2. The average Bonchev–Trinajstić information content (AvgIpc) is 3.73. The van der Waals surface area contributed by atoms with Crippen molar-refractivity contribution in [2.75, 3.05) is 0 Å². The van der Waals surface area contributed by atoms with Crippen LogP contribution < -0.4 is 0 Å². The van der Waals surface area contributed by atoms with Gasteiger partial charge in [-0.1, -0.05) is 86.3 Å². The summed E-state index contributed by atoms with van der Waals surface area (Å²) in [4.78, 5) is 6.41. The van der Waals surface area contributed by atoms with Gasteiger partial charge in [0.1, 0.15) is 0 Å². The summed E-state index contributed by atoms with van der Waals surface area (Å²) in [6.07, 6.45) is 27.1. The van der Waals surface area contributed by atoms with Crippen LogP contribution in [-0.4, -0.2) is 70.5 Å². The average molecular weight is 701 g/mol. The Labute approximate surface area is 313 Å². The van der Waals surface area contributed by atoms with Gasteiger partial charge in [0.15, 0.2) is 0 Å². The molecule has 2 aromatic rings. The molecule has 4 aliphatic heterocycles. The largest absolute Gasteiger partial charge is 0.371 e. The van der Waals surface area contributed by atoms with E-state index < -0.39 is 0 Å². The van der Waals surface area contributed by atoms with Crippen molar-refractivity contribution in [1.29, 1.82) is 0 Å². The van der Waals surface area contributed by atoms with E-state index in [1.54, 1.807) is 11.1 Å². The van der Waals surface area contributed by atoms with Gasteiger partial charge in [-0.25, -0.2) is 0 Å². The molecule has 10 aliphatic rings. The van der Waals surface area contributed by atoms with Gasteiger partial charge in [0.2, 0.25) is 0 Å². The third-order valence-corrected chi connectivity index (χ3v) is 18.2. The molecule has 0 spiro atoms. The molecule has 0 bridgehead atoms. The van der Waals surface area contributed by atoms with E-state index >= 15 is 0 Å². The summed E-state index contributed by atoms with van der Waals surface area (Å²) in [7, 11) is 0. The zero-order valence-corrected chi connectivity index (χ0v) is 31.6. The predicted molar refractivity (Wildman–Crippen MR) is 206 cm³/mol. The van der Waals surface area contributed by atoms with Gasteiger partial charge in [-0.2, -0.15) is 0 Å². The summed E-state index contributed by atoms with van der Waals surface area (Å²) in [6, 6.07) is 27.5. The van der Waals surface area contributed by atoms with E-state index in [1.807, 2.05) is 0 Å². The van der Waals surface area contributed by atoms with Crippen LogP contribution in [0.25, 0.3) is 0 Å². The van der Waals surface area contributed by atoms with E-state index in [2.05, 4.69) is 70.5 Å². The Balaban J connectivity index is 0.809. The van der Waals surface area contributed by atoms with Crippen molar-refractivity contribution in [3.05, 3.63) is 71.8 Å². The van der Waals surface area contributed by atoms with Gasteiger partial charge >= 0.3 is 0 Å². The third kappa shape index (κ3) is 4.91. The fourth-order valence-corrected chi connectivity index (χ4v) is 16.5. The zero-order chi connectivity index (χ0) is 33.9. The smallest absolute Gasteiger partial charge is 0.0806 e. The summed E-state index contributed by atoms with van der Waals surface area (Å²) in [5.74, 6) is 6.57. The fourth-order valence-electron chi connectivity index (χ4n) is 16.5. The van der Waals surface area contributed by atoms with E-state index in [-0.39, 0.29) is 0 Å². The van der Waals surface area contributed by atoms with Crippen LogP contribution in [0, 0.1) is 35.5 Å². The van der Waals surface area contributed by atoms with Gasteiger partial charge in [0.05, 0.1) is 24.4 Å². The molecule has 12 rings (SSSR count). The number of nitrogens with zero attached hydrogens (tertiary/aromatic N) is 2. The zero-order valence-electron chi connectivity index (χ0n) is 31.6. The van der Waals surface area contributed by atoms with Gasteiger partial charge in [-0.15, -0.1) is 0 Å². The van der Waals surface area contributed by atoms with Crippen molar-refractivity contribution < 1.29 is 9.47 Å². The summed E-state index contributed by atoms with van der Waals surface area (Å²) in [6.45, 7) is 0. The summed E-state index contributed by atoms with van der Waals surface area (Å²) in [5.41, 5.74) is 3.09. The first-order chi connectivity index (χ1) is 25.8. The molecule has 6 aliphatic carbocycles. The second kappa shape index (κ2) is 12.9. The molecule has 0 radical (unpaired) electrons. The van der Waals surface area contributed by atoms with Crippen molar-refractivity contribution in [2.24, 2.45) is 35.5 Å². The molecule has 0 amide bonds. The van der Waals surface area contributed by atoms with Crippen LogP contribution in [0.1, 0.15) is 139 Å². The number of fused-ring (bicyclic) bond motifs is 10. The number of morpholine rings is 2. The Morgan fingerprint density at radius 2 is 0.846 bits per heavy atom. The Bertz CT molecular complexity index is 1470. The van der Waals surface area contributed by atoms with Crippen LogP contribution in [0.2, 0.25) is 0 Å². The quantitative estimate of drug-likeness (QED) is 0.319. The Kier molecular flexibility index (Phi) is 8.08. The highest BCUT2D eigenvalue weighted by Crippen LogP contribution is 2.62. The minimum Gasteiger partial charge on any atom is -0.371 e. The predicted octanol–water partition coefficient (Wildman–Crippen LogP) is 9.73. The van der Waals surface area contributed by atoms with E-state index in [9.17, 15) is 0 Å². The molecule has 278 valence electrons. The molecule has 52 heavy (non-hydrogen) atoms. The monoisotopic (exact) mass is 700 g/mol. The highest BCUT2D eigenvalue weighted by molar-refractivity contribution is 5.28. The first-order valence-corrected chi connectivity index (χ1v) is 22.8. The fraction of sp³-hybridized carbons (Fsp3) is 0.750. The van der Waals surface area contributed by atoms with Crippen molar-refractivity contribution in [2.45, 2.75) is 188 Å². The molecular weight excluding hydrogens is 637 g/mol. The minimum atomic E-state index is 0.403. The maximum Gasteiger partial charge on any atom is 0.0806 e.